The van der Waals surface area contributed by atoms with Gasteiger partial charge in [0.1, 0.15) is 13.2 Å². The maximum absolute atomic E-state index is 13.0. The number of carbonyl (C=O) groups is 1. The van der Waals surface area contributed by atoms with Crippen LogP contribution in [0, 0.1) is 0 Å². The molecular formula is C58H114N2O6P+. The molecule has 67 heavy (non-hydrogen) atoms. The van der Waals surface area contributed by atoms with Crippen LogP contribution in [0.4, 0.5) is 0 Å². The number of aliphatic hydroxyl groups excluding tert-OH is 1. The lowest BCUT2D eigenvalue weighted by atomic mass is 10.0. The van der Waals surface area contributed by atoms with E-state index in [2.05, 4.69) is 55.6 Å². The normalized spacial score (nSPS) is 14.2. The van der Waals surface area contributed by atoms with Gasteiger partial charge in [0.05, 0.1) is 39.9 Å². The highest BCUT2D eigenvalue weighted by Crippen LogP contribution is 2.43. The van der Waals surface area contributed by atoms with Gasteiger partial charge in [0.25, 0.3) is 0 Å². The molecule has 0 saturated heterocycles. The third-order valence-electron chi connectivity index (χ3n) is 13.1. The van der Waals surface area contributed by atoms with Crippen molar-refractivity contribution in [2.75, 3.05) is 40.9 Å². The summed E-state index contributed by atoms with van der Waals surface area (Å²) in [6.45, 7) is 4.88. The van der Waals surface area contributed by atoms with Gasteiger partial charge in [-0.05, 0) is 51.4 Å². The summed E-state index contributed by atoms with van der Waals surface area (Å²) in [5.41, 5.74) is 0. The fourth-order valence-electron chi connectivity index (χ4n) is 8.58. The highest BCUT2D eigenvalue weighted by atomic mass is 31.2. The predicted octanol–water partition coefficient (Wildman–Crippen LogP) is 17.4. The minimum atomic E-state index is -4.33. The van der Waals surface area contributed by atoms with Crippen molar-refractivity contribution < 1.29 is 32.9 Å². The van der Waals surface area contributed by atoms with Crippen LogP contribution in [0.25, 0.3) is 0 Å². The summed E-state index contributed by atoms with van der Waals surface area (Å²) in [7, 11) is 1.61. The molecule has 0 aliphatic heterocycles. The zero-order valence-electron chi connectivity index (χ0n) is 45.2. The van der Waals surface area contributed by atoms with Crippen LogP contribution in [-0.4, -0.2) is 73.4 Å². The molecule has 3 unspecified atom stereocenters. The molecular weight excluding hydrogens is 852 g/mol. The van der Waals surface area contributed by atoms with Crippen LogP contribution in [0.15, 0.2) is 36.5 Å². The number of phosphoric ester groups is 1. The zero-order chi connectivity index (χ0) is 49.2. The molecule has 0 fully saturated rings. The lowest BCUT2D eigenvalue weighted by Crippen LogP contribution is -2.46. The number of allylic oxidation sites excluding steroid dienone is 6. The van der Waals surface area contributed by atoms with Crippen LogP contribution in [0.5, 0.6) is 0 Å². The number of hydrogen-bond acceptors (Lipinski definition) is 5. The number of unbranched alkanes of at least 4 members (excludes halogenated alkanes) is 34. The fraction of sp³-hybridized carbons (Fsp3) is 0.879. The molecule has 0 spiro atoms. The van der Waals surface area contributed by atoms with E-state index >= 15 is 0 Å². The standard InChI is InChI=1S/C58H113N2O6P/c1-6-8-10-12-14-16-18-20-22-24-26-27-28-29-30-31-32-34-35-37-39-41-43-45-47-49-51-57(61)56(55-66-67(63,64)65-54-53-60(3,4)5)59-58(62)52-50-48-46-44-42-40-38-36-33-25-23-21-19-17-15-13-11-9-7-2/h15,17,21,23,33,36,56-57,61H,6-14,16,18-20,22,24-32,34-35,37-55H2,1-5H3,(H-,59,62,63,64)/p+1/b17-15-,23-21-,36-33-. The van der Waals surface area contributed by atoms with Gasteiger partial charge < -0.3 is 19.8 Å². The monoisotopic (exact) mass is 966 g/mol. The molecule has 0 rings (SSSR count). The number of quaternary nitrogens is 1. The maximum atomic E-state index is 13.0. The Bertz CT molecular complexity index is 1190. The van der Waals surface area contributed by atoms with E-state index in [4.69, 9.17) is 9.05 Å². The van der Waals surface area contributed by atoms with Gasteiger partial charge in [-0.25, -0.2) is 4.57 Å². The molecule has 3 atom stereocenters. The van der Waals surface area contributed by atoms with Crippen molar-refractivity contribution in [2.45, 2.75) is 289 Å². The van der Waals surface area contributed by atoms with Crippen LogP contribution in [0.1, 0.15) is 277 Å². The Kier molecular flexibility index (Phi) is 48.7. The Hall–Kier alpha value is -1.28. The smallest absolute Gasteiger partial charge is 0.391 e. The van der Waals surface area contributed by atoms with E-state index in [1.54, 1.807) is 0 Å². The summed E-state index contributed by atoms with van der Waals surface area (Å²) in [4.78, 5) is 23.3. The Morgan fingerprint density at radius 3 is 1.27 bits per heavy atom. The number of likely N-dealkylation sites (N-methyl/N-ethyl adjacent to an activating group) is 1. The molecule has 396 valence electrons. The Morgan fingerprint density at radius 1 is 0.507 bits per heavy atom. The van der Waals surface area contributed by atoms with Crippen molar-refractivity contribution in [1.82, 2.24) is 5.32 Å². The topological polar surface area (TPSA) is 105 Å². The molecule has 0 aromatic carbocycles. The first-order valence-corrected chi connectivity index (χ1v) is 30.3. The molecule has 0 aliphatic rings. The van der Waals surface area contributed by atoms with Gasteiger partial charge in [-0.2, -0.15) is 0 Å². The molecule has 1 amide bonds. The largest absolute Gasteiger partial charge is 0.472 e. The van der Waals surface area contributed by atoms with Crippen molar-refractivity contribution in [3.63, 3.8) is 0 Å². The van der Waals surface area contributed by atoms with Crippen LogP contribution in [-0.2, 0) is 18.4 Å². The minimum Gasteiger partial charge on any atom is -0.391 e. The summed E-state index contributed by atoms with van der Waals surface area (Å²) in [5, 5.41) is 14.1. The first-order chi connectivity index (χ1) is 32.5. The molecule has 8 nitrogen and oxygen atoms in total. The first kappa shape index (κ1) is 65.7. The maximum Gasteiger partial charge on any atom is 0.472 e. The van der Waals surface area contributed by atoms with Gasteiger partial charge in [0.2, 0.25) is 5.91 Å². The molecule has 0 aromatic heterocycles. The zero-order valence-corrected chi connectivity index (χ0v) is 46.0. The lowest BCUT2D eigenvalue weighted by molar-refractivity contribution is -0.870. The Balaban J connectivity index is 4.16. The molecule has 0 heterocycles. The number of aliphatic hydroxyl groups is 1. The lowest BCUT2D eigenvalue weighted by Gasteiger charge is -2.26. The quantitative estimate of drug-likeness (QED) is 0.0243. The van der Waals surface area contributed by atoms with Crippen molar-refractivity contribution in [3.8, 4) is 0 Å². The molecule has 0 bridgehead atoms. The van der Waals surface area contributed by atoms with E-state index in [-0.39, 0.29) is 19.1 Å². The Morgan fingerprint density at radius 2 is 0.851 bits per heavy atom. The number of rotatable bonds is 53. The Labute approximate surface area is 417 Å². The van der Waals surface area contributed by atoms with Gasteiger partial charge in [-0.3, -0.25) is 13.8 Å². The van der Waals surface area contributed by atoms with Gasteiger partial charge in [0.15, 0.2) is 0 Å². The van der Waals surface area contributed by atoms with E-state index in [0.29, 0.717) is 23.9 Å². The van der Waals surface area contributed by atoms with Crippen molar-refractivity contribution in [2.24, 2.45) is 0 Å². The van der Waals surface area contributed by atoms with Crippen molar-refractivity contribution in [3.05, 3.63) is 36.5 Å². The molecule has 9 heteroatoms. The van der Waals surface area contributed by atoms with Crippen LogP contribution in [0.3, 0.4) is 0 Å². The first-order valence-electron chi connectivity index (χ1n) is 28.9. The summed E-state index contributed by atoms with van der Waals surface area (Å²) in [5.74, 6) is -0.154. The van der Waals surface area contributed by atoms with E-state index in [0.717, 1.165) is 64.2 Å². The van der Waals surface area contributed by atoms with Crippen molar-refractivity contribution >= 4 is 13.7 Å². The third-order valence-corrected chi connectivity index (χ3v) is 14.1. The molecule has 0 aliphatic carbocycles. The number of amides is 1. The predicted molar refractivity (Wildman–Crippen MR) is 291 cm³/mol. The molecule has 0 radical (unpaired) electrons. The third kappa shape index (κ3) is 52.4. The molecule has 0 aromatic rings. The highest BCUT2D eigenvalue weighted by molar-refractivity contribution is 7.47. The number of hydrogen-bond donors (Lipinski definition) is 3. The van der Waals surface area contributed by atoms with E-state index in [1.165, 1.54) is 186 Å². The average Bonchev–Trinajstić information content (AvgIpc) is 3.29. The fourth-order valence-corrected chi connectivity index (χ4v) is 9.32. The summed E-state index contributed by atoms with van der Waals surface area (Å²) < 4.78 is 23.8. The van der Waals surface area contributed by atoms with E-state index in [9.17, 15) is 19.4 Å². The SMILES string of the molecule is CCCCC/C=C\C/C=C\C/C=C\CCCCCCCCC(=O)NC(COP(=O)(O)OCC[N+](C)(C)C)C(O)CCCCCCCCCCCCCCCCCCCCCCCCCCCC. The summed E-state index contributed by atoms with van der Waals surface area (Å²) >= 11 is 0. The average molecular weight is 967 g/mol. The number of nitrogens with one attached hydrogen (secondary N) is 1. The van der Waals surface area contributed by atoms with Gasteiger partial charge in [0, 0.05) is 6.42 Å². The minimum absolute atomic E-state index is 0.0717. The van der Waals surface area contributed by atoms with Gasteiger partial charge >= 0.3 is 7.82 Å². The molecule has 3 N–H and O–H groups in total. The second kappa shape index (κ2) is 49.7. The molecule has 0 saturated carbocycles. The van der Waals surface area contributed by atoms with E-state index < -0.39 is 20.0 Å². The summed E-state index contributed by atoms with van der Waals surface area (Å²) in [6.07, 6.45) is 63.4. The van der Waals surface area contributed by atoms with Gasteiger partial charge in [-0.1, -0.05) is 256 Å². The highest BCUT2D eigenvalue weighted by Gasteiger charge is 2.28. The van der Waals surface area contributed by atoms with E-state index in [1.807, 2.05) is 21.1 Å². The second-order valence-electron chi connectivity index (χ2n) is 21.0. The van der Waals surface area contributed by atoms with Crippen molar-refractivity contribution in [1.29, 1.82) is 0 Å². The van der Waals surface area contributed by atoms with Crippen LogP contribution in [0.2, 0.25) is 0 Å². The number of phosphoric acid groups is 1. The van der Waals surface area contributed by atoms with Gasteiger partial charge in [-0.15, -0.1) is 0 Å². The summed E-state index contributed by atoms with van der Waals surface area (Å²) in [6, 6.07) is -0.769. The van der Waals surface area contributed by atoms with Crippen LogP contribution >= 0.6 is 7.82 Å². The number of carbonyl (C=O) groups excluding carboxylic acids is 1. The second-order valence-corrected chi connectivity index (χ2v) is 22.5. The number of nitrogens with zero attached hydrogens (tertiary/aromatic N) is 1. The van der Waals surface area contributed by atoms with Crippen LogP contribution < -0.4 is 5.32 Å².